The second-order valence-corrected chi connectivity index (χ2v) is 3.84. The maximum Gasteiger partial charge on any atom is 0.395 e. The van der Waals surface area contributed by atoms with Crippen molar-refractivity contribution in [1.29, 1.82) is 0 Å². The summed E-state index contributed by atoms with van der Waals surface area (Å²) in [4.78, 5) is 0. The van der Waals surface area contributed by atoms with Gasteiger partial charge in [-0.3, -0.25) is 0 Å². The Morgan fingerprint density at radius 1 is 1.59 bits per heavy atom. The zero-order valence-electron chi connectivity index (χ0n) is 9.84. The van der Waals surface area contributed by atoms with Crippen molar-refractivity contribution in [3.8, 4) is 0 Å². The first-order valence-corrected chi connectivity index (χ1v) is 5.25. The Kier molecular flexibility index (Phi) is 4.40. The molecular weight excluding hydrogens is 231 g/mol. The summed E-state index contributed by atoms with van der Waals surface area (Å²) in [5.41, 5.74) is 0.535. The number of allylic oxidation sites excluding steroid dienone is 2. The molecule has 0 heterocycles. The molecule has 0 aromatic carbocycles. The van der Waals surface area contributed by atoms with Gasteiger partial charge in [0.05, 0.1) is 18.8 Å². The number of alkyl halides is 3. The van der Waals surface area contributed by atoms with Crippen molar-refractivity contribution in [3.05, 3.63) is 36.1 Å². The molecule has 0 saturated heterocycles. The molecule has 1 aliphatic rings. The Hall–Kier alpha value is -1.23. The highest BCUT2D eigenvalue weighted by Crippen LogP contribution is 2.36. The van der Waals surface area contributed by atoms with Gasteiger partial charge in [0.2, 0.25) is 0 Å². The fraction of sp³-hybridized carbons (Fsp3) is 0.500. The van der Waals surface area contributed by atoms with Gasteiger partial charge in [0, 0.05) is 12.5 Å². The zero-order valence-corrected chi connectivity index (χ0v) is 9.84. The summed E-state index contributed by atoms with van der Waals surface area (Å²) >= 11 is 0. The first kappa shape index (κ1) is 13.8. The van der Waals surface area contributed by atoms with Crippen molar-refractivity contribution in [1.82, 2.24) is 5.32 Å². The van der Waals surface area contributed by atoms with Gasteiger partial charge in [-0.25, -0.2) is 0 Å². The number of methoxy groups -OCH3 is 1. The first-order valence-electron chi connectivity index (χ1n) is 5.25. The van der Waals surface area contributed by atoms with Crippen LogP contribution in [0.15, 0.2) is 36.1 Å². The maximum atomic E-state index is 12.7. The molecule has 1 aliphatic carbocycles. The third-order valence-electron chi connectivity index (χ3n) is 2.73. The molecule has 0 aliphatic heterocycles. The number of nitrogens with one attached hydrogen (secondary N) is 1. The summed E-state index contributed by atoms with van der Waals surface area (Å²) in [6.45, 7) is 3.59. The van der Waals surface area contributed by atoms with Crippen LogP contribution in [0.2, 0.25) is 0 Å². The van der Waals surface area contributed by atoms with E-state index in [0.29, 0.717) is 11.3 Å². The van der Waals surface area contributed by atoms with E-state index in [2.05, 4.69) is 11.9 Å². The topological polar surface area (TPSA) is 21.3 Å². The quantitative estimate of drug-likeness (QED) is 0.771. The molecule has 0 spiro atoms. The van der Waals surface area contributed by atoms with E-state index in [1.807, 2.05) is 0 Å². The largest absolute Gasteiger partial charge is 0.501 e. The van der Waals surface area contributed by atoms with Crippen LogP contribution < -0.4 is 5.32 Å². The molecule has 1 N–H and O–H groups in total. The van der Waals surface area contributed by atoms with Crippen LogP contribution in [-0.2, 0) is 4.74 Å². The van der Waals surface area contributed by atoms with Gasteiger partial charge in [-0.15, -0.1) is 6.58 Å². The average Bonchev–Trinajstić information content (AvgIpc) is 2.29. The highest BCUT2D eigenvalue weighted by Gasteiger charge is 2.40. The molecule has 0 bridgehead atoms. The molecule has 0 aromatic rings. The van der Waals surface area contributed by atoms with E-state index in [9.17, 15) is 13.2 Å². The number of halogens is 3. The van der Waals surface area contributed by atoms with Gasteiger partial charge in [-0.05, 0) is 18.7 Å². The monoisotopic (exact) mass is 247 g/mol. The predicted molar refractivity (Wildman–Crippen MR) is 60.4 cm³/mol. The van der Waals surface area contributed by atoms with Crippen LogP contribution in [0.3, 0.4) is 0 Å². The van der Waals surface area contributed by atoms with E-state index in [4.69, 9.17) is 4.74 Å². The lowest BCUT2D eigenvalue weighted by Crippen LogP contribution is -2.30. The standard InChI is InChI=1S/C12H16F3NO/c1-4-11(16-2)8-5-9(12(13,14)15)7-10(6-8)17-3/h4-6,9,11,16H,1,7H2,2-3H3/t9?,11-/m1/s1. The van der Waals surface area contributed by atoms with E-state index in [-0.39, 0.29) is 12.5 Å². The molecule has 0 fully saturated rings. The molecule has 0 amide bonds. The van der Waals surface area contributed by atoms with Gasteiger partial charge in [-0.1, -0.05) is 12.2 Å². The molecule has 2 atom stereocenters. The summed E-state index contributed by atoms with van der Waals surface area (Å²) in [5.74, 6) is -1.15. The van der Waals surface area contributed by atoms with Gasteiger partial charge >= 0.3 is 6.18 Å². The fourth-order valence-electron chi connectivity index (χ4n) is 1.77. The van der Waals surface area contributed by atoms with Crippen LogP contribution in [0.25, 0.3) is 0 Å². The van der Waals surface area contributed by atoms with E-state index >= 15 is 0 Å². The summed E-state index contributed by atoms with van der Waals surface area (Å²) < 4.78 is 43.1. The number of rotatable bonds is 4. The Morgan fingerprint density at radius 2 is 2.24 bits per heavy atom. The Bertz CT molecular complexity index is 344. The second-order valence-electron chi connectivity index (χ2n) is 3.84. The van der Waals surface area contributed by atoms with Crippen LogP contribution in [0, 0.1) is 5.92 Å². The van der Waals surface area contributed by atoms with Gasteiger partial charge in [0.15, 0.2) is 0 Å². The van der Waals surface area contributed by atoms with Crippen molar-refractivity contribution in [2.24, 2.45) is 5.92 Å². The van der Waals surface area contributed by atoms with Gasteiger partial charge < -0.3 is 10.1 Å². The van der Waals surface area contributed by atoms with E-state index in [0.717, 1.165) is 0 Å². The van der Waals surface area contributed by atoms with Crippen LogP contribution >= 0.6 is 0 Å². The highest BCUT2D eigenvalue weighted by molar-refractivity contribution is 5.34. The third-order valence-corrected chi connectivity index (χ3v) is 2.73. The Morgan fingerprint density at radius 3 is 2.65 bits per heavy atom. The lowest BCUT2D eigenvalue weighted by molar-refractivity contribution is -0.162. The normalized spacial score (nSPS) is 22.5. The number of ether oxygens (including phenoxy) is 1. The lowest BCUT2D eigenvalue weighted by Gasteiger charge is -2.25. The molecule has 0 saturated carbocycles. The van der Waals surface area contributed by atoms with Crippen LogP contribution in [-0.4, -0.2) is 26.4 Å². The Labute approximate surface area is 98.8 Å². The van der Waals surface area contributed by atoms with Crippen molar-refractivity contribution in [2.75, 3.05) is 14.2 Å². The SMILES string of the molecule is C=C[C@@H](NC)C1=CC(C(F)(F)F)CC(OC)=C1. The predicted octanol–water partition coefficient (Wildman–Crippen LogP) is 2.80. The van der Waals surface area contributed by atoms with Crippen LogP contribution in [0.5, 0.6) is 0 Å². The summed E-state index contributed by atoms with van der Waals surface area (Å²) in [5, 5.41) is 2.88. The molecule has 17 heavy (non-hydrogen) atoms. The second kappa shape index (κ2) is 5.40. The molecule has 1 unspecified atom stereocenters. The molecule has 5 heteroatoms. The molecule has 96 valence electrons. The molecule has 0 radical (unpaired) electrons. The summed E-state index contributed by atoms with van der Waals surface area (Å²) in [6.07, 6.45) is 0.0324. The summed E-state index contributed by atoms with van der Waals surface area (Å²) in [7, 11) is 3.05. The molecule has 2 nitrogen and oxygen atoms in total. The van der Waals surface area contributed by atoms with Crippen molar-refractivity contribution in [3.63, 3.8) is 0 Å². The molecule has 1 rings (SSSR count). The third kappa shape index (κ3) is 3.36. The Balaban J connectivity index is 3.03. The van der Waals surface area contributed by atoms with Crippen LogP contribution in [0.4, 0.5) is 13.2 Å². The average molecular weight is 247 g/mol. The minimum absolute atomic E-state index is 0.142. The minimum atomic E-state index is -4.25. The first-order chi connectivity index (χ1) is 7.92. The van der Waals surface area contributed by atoms with E-state index in [1.165, 1.54) is 13.2 Å². The lowest BCUT2D eigenvalue weighted by atomic mass is 9.91. The smallest absolute Gasteiger partial charge is 0.395 e. The fourth-order valence-corrected chi connectivity index (χ4v) is 1.77. The van der Waals surface area contributed by atoms with Gasteiger partial charge in [0.25, 0.3) is 0 Å². The van der Waals surface area contributed by atoms with Crippen LogP contribution in [0.1, 0.15) is 6.42 Å². The number of hydrogen-bond donors (Lipinski definition) is 1. The summed E-state index contributed by atoms with van der Waals surface area (Å²) in [6, 6.07) is -0.301. The zero-order chi connectivity index (χ0) is 13.1. The van der Waals surface area contributed by atoms with E-state index < -0.39 is 12.1 Å². The highest BCUT2D eigenvalue weighted by atomic mass is 19.4. The van der Waals surface area contributed by atoms with Crippen molar-refractivity contribution >= 4 is 0 Å². The van der Waals surface area contributed by atoms with E-state index in [1.54, 1.807) is 19.2 Å². The molecule has 0 aromatic heterocycles. The number of likely N-dealkylation sites (N-methyl/N-ethyl adjacent to an activating group) is 1. The van der Waals surface area contributed by atoms with Gasteiger partial charge in [-0.2, -0.15) is 13.2 Å². The minimum Gasteiger partial charge on any atom is -0.501 e. The van der Waals surface area contributed by atoms with Crippen molar-refractivity contribution in [2.45, 2.75) is 18.6 Å². The van der Waals surface area contributed by atoms with Crippen molar-refractivity contribution < 1.29 is 17.9 Å². The maximum absolute atomic E-state index is 12.7. The van der Waals surface area contributed by atoms with Gasteiger partial charge in [0.1, 0.15) is 0 Å². The molecular formula is C12H16F3NO. The number of hydrogen-bond acceptors (Lipinski definition) is 2.